The van der Waals surface area contributed by atoms with Crippen LogP contribution in [0, 0.1) is 17.8 Å². The zero-order valence-electron chi connectivity index (χ0n) is 13.4. The minimum atomic E-state index is -0.321. The summed E-state index contributed by atoms with van der Waals surface area (Å²) in [6, 6.07) is 9.50. The molecule has 5 heterocycles. The fourth-order valence-corrected chi connectivity index (χ4v) is 7.40. The molecule has 3 N–H and O–H groups in total. The summed E-state index contributed by atoms with van der Waals surface area (Å²) in [5.41, 5.74) is 2.38. The van der Waals surface area contributed by atoms with Crippen LogP contribution >= 0.6 is 0 Å². The molecule has 0 radical (unpaired) electrons. The van der Waals surface area contributed by atoms with Gasteiger partial charge in [-0.3, -0.25) is 4.90 Å². The predicted octanol–water partition coefficient (Wildman–Crippen LogP) is 1.53. The summed E-state index contributed by atoms with van der Waals surface area (Å²) in [6.07, 6.45) is 2.52. The van der Waals surface area contributed by atoms with Gasteiger partial charge in [-0.1, -0.05) is 25.1 Å². The fourth-order valence-electron chi connectivity index (χ4n) is 7.40. The number of nitrogens with one attached hydrogen (secondary N) is 1. The molecule has 4 nitrogen and oxygen atoms in total. The Morgan fingerprint density at radius 2 is 2.09 bits per heavy atom. The van der Waals surface area contributed by atoms with E-state index >= 15 is 0 Å². The Labute approximate surface area is 136 Å². The molecule has 4 saturated heterocycles. The van der Waals surface area contributed by atoms with Crippen molar-refractivity contribution in [2.75, 3.05) is 5.32 Å². The van der Waals surface area contributed by atoms with E-state index in [0.717, 1.165) is 19.3 Å². The molecule has 5 unspecified atom stereocenters. The van der Waals surface area contributed by atoms with Crippen LogP contribution in [-0.2, 0) is 5.41 Å². The van der Waals surface area contributed by atoms with Gasteiger partial charge in [0, 0.05) is 35.0 Å². The van der Waals surface area contributed by atoms with E-state index in [9.17, 15) is 10.2 Å². The lowest BCUT2D eigenvalue weighted by atomic mass is 9.63. The van der Waals surface area contributed by atoms with Crippen LogP contribution in [0.3, 0.4) is 0 Å². The maximum absolute atomic E-state index is 11.5. The van der Waals surface area contributed by atoms with E-state index in [4.69, 9.17) is 0 Å². The second kappa shape index (κ2) is 3.93. The zero-order chi connectivity index (χ0) is 15.5. The molecule has 5 bridgehead atoms. The van der Waals surface area contributed by atoms with E-state index in [-0.39, 0.29) is 23.8 Å². The Balaban J connectivity index is 1.57. The van der Waals surface area contributed by atoms with Crippen molar-refractivity contribution in [3.8, 4) is 0 Å². The number of benzene rings is 1. The second-order valence-corrected chi connectivity index (χ2v) is 8.40. The van der Waals surface area contributed by atoms with Gasteiger partial charge < -0.3 is 15.5 Å². The maximum Gasteiger partial charge on any atom is 0.111 e. The average Bonchev–Trinajstić information content (AvgIpc) is 3.02. The molecule has 1 aromatic carbocycles. The molecule has 122 valence electrons. The van der Waals surface area contributed by atoms with E-state index in [2.05, 4.69) is 41.4 Å². The van der Waals surface area contributed by atoms with Crippen LogP contribution in [0.4, 0.5) is 5.69 Å². The molecule has 10 atom stereocenters. The van der Waals surface area contributed by atoms with Gasteiger partial charge in [0.05, 0.1) is 12.1 Å². The van der Waals surface area contributed by atoms with E-state index in [0.29, 0.717) is 29.8 Å². The van der Waals surface area contributed by atoms with E-state index in [1.54, 1.807) is 0 Å². The van der Waals surface area contributed by atoms with Crippen LogP contribution in [0.1, 0.15) is 31.7 Å². The average molecular weight is 312 g/mol. The molecule has 6 aliphatic rings. The lowest BCUT2D eigenvalue weighted by molar-refractivity contribution is -0.210. The van der Waals surface area contributed by atoms with E-state index in [1.807, 2.05) is 0 Å². The zero-order valence-corrected chi connectivity index (χ0v) is 13.4. The molecule has 7 rings (SSSR count). The Bertz CT molecular complexity index is 694. The molecule has 1 spiro atoms. The van der Waals surface area contributed by atoms with Crippen LogP contribution in [0.25, 0.3) is 0 Å². The highest BCUT2D eigenvalue weighted by Crippen LogP contribution is 2.67. The van der Waals surface area contributed by atoms with Crippen molar-refractivity contribution in [2.24, 2.45) is 17.8 Å². The standard InChI is InChI=1S/C19H24N2O2/c1-2-9-10-7-13-16-19(11-5-3-4-6-12(11)20-16)8-14(15(10)17(19)22)21(13)18(9)23/h3-6,9-10,13-18,20,22-23H,2,7-8H2,1H3/t9-,10?,13-,14-,15?,16-,17?,18+,19?/m0/s1. The normalized spacial score (nSPS) is 57.3. The minimum Gasteiger partial charge on any atom is -0.392 e. The molecule has 1 aliphatic carbocycles. The molecule has 1 aromatic rings. The Kier molecular flexibility index (Phi) is 2.26. The highest BCUT2D eigenvalue weighted by atomic mass is 16.3. The molecule has 1 saturated carbocycles. The predicted molar refractivity (Wildman–Crippen MR) is 87.0 cm³/mol. The number of para-hydroxylation sites is 1. The number of anilines is 1. The molecule has 5 aliphatic heterocycles. The van der Waals surface area contributed by atoms with Crippen molar-refractivity contribution in [3.63, 3.8) is 0 Å². The summed E-state index contributed by atoms with van der Waals surface area (Å²) in [7, 11) is 0. The molecule has 5 fully saturated rings. The fraction of sp³-hybridized carbons (Fsp3) is 0.684. The van der Waals surface area contributed by atoms with Crippen LogP contribution < -0.4 is 5.32 Å². The number of piperidine rings is 4. The number of rotatable bonds is 1. The number of nitrogens with zero attached hydrogens (tertiary/aromatic N) is 1. The van der Waals surface area contributed by atoms with Gasteiger partial charge in [-0.05, 0) is 36.8 Å². The van der Waals surface area contributed by atoms with Crippen LogP contribution in [-0.4, -0.2) is 45.6 Å². The van der Waals surface area contributed by atoms with Crippen LogP contribution in [0.15, 0.2) is 24.3 Å². The molecule has 0 aromatic heterocycles. The van der Waals surface area contributed by atoms with E-state index < -0.39 is 0 Å². The van der Waals surface area contributed by atoms with Crippen molar-refractivity contribution in [2.45, 2.75) is 62.1 Å². The first-order chi connectivity index (χ1) is 11.2. The van der Waals surface area contributed by atoms with Gasteiger partial charge in [0.1, 0.15) is 6.23 Å². The number of fused-ring (bicyclic) bond motifs is 2. The topological polar surface area (TPSA) is 55.7 Å². The van der Waals surface area contributed by atoms with Gasteiger partial charge >= 0.3 is 0 Å². The highest BCUT2D eigenvalue weighted by Gasteiger charge is 2.75. The third-order valence-corrected chi connectivity index (χ3v) is 8.05. The lowest BCUT2D eigenvalue weighted by Gasteiger charge is -2.61. The SMILES string of the molecule is CC[C@H]1C2C[C@H]3[C@@H]4Nc5ccccc5C45C[C@@H](C2C5O)N3[C@@H]1O. The van der Waals surface area contributed by atoms with E-state index in [1.165, 1.54) is 11.3 Å². The van der Waals surface area contributed by atoms with Crippen molar-refractivity contribution < 1.29 is 10.2 Å². The molecule has 4 heteroatoms. The van der Waals surface area contributed by atoms with Crippen molar-refractivity contribution >= 4 is 5.69 Å². The Hall–Kier alpha value is -1.10. The van der Waals surface area contributed by atoms with Gasteiger partial charge in [-0.25, -0.2) is 0 Å². The summed E-state index contributed by atoms with van der Waals surface area (Å²) < 4.78 is 0. The van der Waals surface area contributed by atoms with Crippen LogP contribution in [0.2, 0.25) is 0 Å². The Morgan fingerprint density at radius 1 is 1.26 bits per heavy atom. The number of aliphatic hydroxyl groups excluding tert-OH is 2. The summed E-state index contributed by atoms with van der Waals surface area (Å²) in [5, 5.41) is 26.1. The quantitative estimate of drug-likeness (QED) is 0.736. The Morgan fingerprint density at radius 3 is 2.91 bits per heavy atom. The van der Waals surface area contributed by atoms with Gasteiger partial charge in [0.2, 0.25) is 0 Å². The van der Waals surface area contributed by atoms with Gasteiger partial charge in [0.25, 0.3) is 0 Å². The monoisotopic (exact) mass is 312 g/mol. The molecule has 23 heavy (non-hydrogen) atoms. The smallest absolute Gasteiger partial charge is 0.111 e. The largest absolute Gasteiger partial charge is 0.392 e. The third-order valence-electron chi connectivity index (χ3n) is 8.05. The highest BCUT2D eigenvalue weighted by molar-refractivity contribution is 5.65. The van der Waals surface area contributed by atoms with Gasteiger partial charge in [-0.15, -0.1) is 0 Å². The summed E-state index contributed by atoms with van der Waals surface area (Å²) in [5.74, 6) is 1.13. The third kappa shape index (κ3) is 1.20. The minimum absolute atomic E-state index is 0.135. The molecule has 0 amide bonds. The maximum atomic E-state index is 11.5. The number of hydrogen-bond acceptors (Lipinski definition) is 4. The molecular weight excluding hydrogens is 288 g/mol. The number of hydrogen-bond donors (Lipinski definition) is 3. The summed E-state index contributed by atoms with van der Waals surface area (Å²) in [4.78, 5) is 2.39. The summed E-state index contributed by atoms with van der Waals surface area (Å²) >= 11 is 0. The summed E-state index contributed by atoms with van der Waals surface area (Å²) in [6.45, 7) is 2.18. The van der Waals surface area contributed by atoms with Crippen molar-refractivity contribution in [1.29, 1.82) is 0 Å². The van der Waals surface area contributed by atoms with Gasteiger partial charge in [-0.2, -0.15) is 0 Å². The first-order valence-corrected chi connectivity index (χ1v) is 9.18. The first kappa shape index (κ1) is 13.2. The van der Waals surface area contributed by atoms with Gasteiger partial charge in [0.15, 0.2) is 0 Å². The van der Waals surface area contributed by atoms with Crippen LogP contribution in [0.5, 0.6) is 0 Å². The lowest BCUT2D eigenvalue weighted by Crippen LogP contribution is -2.71. The first-order valence-electron chi connectivity index (χ1n) is 9.18. The van der Waals surface area contributed by atoms with Crippen molar-refractivity contribution in [3.05, 3.63) is 29.8 Å². The van der Waals surface area contributed by atoms with Crippen molar-refractivity contribution in [1.82, 2.24) is 4.90 Å². The molecular formula is C19H24N2O2. The second-order valence-electron chi connectivity index (χ2n) is 8.40. The number of aliphatic hydroxyl groups is 2.